The number of nitrogens with zero attached hydrogens (tertiary/aromatic N) is 5. The van der Waals surface area contributed by atoms with Gasteiger partial charge in [0.15, 0.2) is 11.4 Å². The van der Waals surface area contributed by atoms with Crippen LogP contribution in [0.15, 0.2) is 47.4 Å². The number of aryl methyl sites for hydroxylation is 1. The summed E-state index contributed by atoms with van der Waals surface area (Å²) < 4.78 is 20.3. The minimum atomic E-state index is -0.859. The molecule has 0 saturated carbocycles. The molecular formula is C19H19N5O2S. The highest BCUT2D eigenvalue weighted by Gasteiger charge is 2.32. The maximum Gasteiger partial charge on any atom is 0.196 e. The van der Waals surface area contributed by atoms with Crippen molar-refractivity contribution in [2.75, 3.05) is 23.0 Å². The lowest BCUT2D eigenvalue weighted by Gasteiger charge is -2.35. The molecule has 2 atom stereocenters. The topological polar surface area (TPSA) is 77.0 Å². The van der Waals surface area contributed by atoms with Gasteiger partial charge in [0.05, 0.1) is 12.2 Å². The molecule has 5 rings (SSSR count). The number of anilines is 1. The lowest BCUT2D eigenvalue weighted by molar-refractivity contribution is 0.616. The third-order valence-electron chi connectivity index (χ3n) is 5.05. The van der Waals surface area contributed by atoms with Crippen LogP contribution in [-0.4, -0.2) is 42.0 Å². The Bertz CT molecular complexity index is 1150. The first-order valence-electron chi connectivity index (χ1n) is 9.01. The van der Waals surface area contributed by atoms with E-state index in [1.54, 1.807) is 6.33 Å². The predicted octanol–water partition coefficient (Wildman–Crippen LogP) is 2.90. The minimum absolute atomic E-state index is 0.0498. The molecule has 0 spiro atoms. The van der Waals surface area contributed by atoms with Crippen LogP contribution in [0.1, 0.15) is 18.5 Å². The number of hydrogen-bond donors (Lipinski definition) is 0. The Kier molecular flexibility index (Phi) is 3.93. The Morgan fingerprint density at radius 2 is 2.19 bits per heavy atom. The number of fused-ring (bicyclic) bond motifs is 3. The quantitative estimate of drug-likeness (QED) is 0.543. The average Bonchev–Trinajstić information content (AvgIpc) is 3.32. The molecule has 0 unspecified atom stereocenters. The van der Waals surface area contributed by atoms with Crippen molar-refractivity contribution in [3.63, 3.8) is 0 Å². The Balaban J connectivity index is 1.65. The maximum absolute atomic E-state index is 12.3. The molecule has 8 heteroatoms. The molecule has 1 aliphatic heterocycles. The molecule has 3 aromatic heterocycles. The third kappa shape index (κ3) is 2.71. The molecule has 138 valence electrons. The molecule has 27 heavy (non-hydrogen) atoms. The summed E-state index contributed by atoms with van der Waals surface area (Å²) in [4.78, 5) is 11.2. The summed E-state index contributed by atoms with van der Waals surface area (Å²) in [6.45, 7) is 3.50. The highest BCUT2D eigenvalue weighted by molar-refractivity contribution is 7.85. The van der Waals surface area contributed by atoms with Crippen molar-refractivity contribution in [2.45, 2.75) is 19.5 Å². The first-order chi connectivity index (χ1) is 13.2. The van der Waals surface area contributed by atoms with Crippen molar-refractivity contribution in [3.8, 4) is 0 Å². The number of aromatic nitrogens is 4. The van der Waals surface area contributed by atoms with E-state index in [0.29, 0.717) is 23.6 Å². The number of benzene rings is 1. The number of hydrogen-bond acceptors (Lipinski definition) is 6. The molecule has 0 bridgehead atoms. The van der Waals surface area contributed by atoms with E-state index in [9.17, 15) is 4.21 Å². The van der Waals surface area contributed by atoms with Crippen LogP contribution in [0.2, 0.25) is 0 Å². The second-order valence-electron chi connectivity index (χ2n) is 6.62. The molecule has 0 radical (unpaired) electrons. The van der Waals surface area contributed by atoms with E-state index in [4.69, 9.17) is 4.42 Å². The van der Waals surface area contributed by atoms with Crippen molar-refractivity contribution >= 4 is 38.7 Å². The van der Waals surface area contributed by atoms with Crippen molar-refractivity contribution in [1.82, 2.24) is 19.7 Å². The Morgan fingerprint density at radius 3 is 3.04 bits per heavy atom. The van der Waals surface area contributed by atoms with Crippen LogP contribution in [0.3, 0.4) is 0 Å². The number of furan rings is 1. The second-order valence-corrected chi connectivity index (χ2v) is 8.24. The standard InChI is InChI=1S/C19H19N5O2S/c1-2-23-10-13(9-22-23)15-11-27(25)8-7-24(15)19-18-17(20-12-21-19)14-5-3-4-6-16(14)26-18/h3-6,9-10,12,15H,2,7-8,11H2,1H3/t15-,27-/m0/s1. The van der Waals surface area contributed by atoms with Crippen molar-refractivity contribution in [1.29, 1.82) is 0 Å². The van der Waals surface area contributed by atoms with Crippen LogP contribution >= 0.6 is 0 Å². The average molecular weight is 381 g/mol. The summed E-state index contributed by atoms with van der Waals surface area (Å²) in [6.07, 6.45) is 5.47. The van der Waals surface area contributed by atoms with Crippen LogP contribution in [0.25, 0.3) is 22.1 Å². The molecule has 7 nitrogen and oxygen atoms in total. The summed E-state index contributed by atoms with van der Waals surface area (Å²) in [5, 5.41) is 5.37. The highest BCUT2D eigenvalue weighted by Crippen LogP contribution is 2.36. The molecule has 0 N–H and O–H groups in total. The van der Waals surface area contributed by atoms with Gasteiger partial charge in [-0.1, -0.05) is 12.1 Å². The normalized spacial score (nSPS) is 20.6. The third-order valence-corrected chi connectivity index (χ3v) is 6.38. The Morgan fingerprint density at radius 1 is 1.30 bits per heavy atom. The first kappa shape index (κ1) is 16.4. The number of para-hydroxylation sites is 1. The molecule has 4 aromatic rings. The van der Waals surface area contributed by atoms with E-state index in [0.717, 1.165) is 34.4 Å². The van der Waals surface area contributed by atoms with Gasteiger partial charge in [0, 0.05) is 52.5 Å². The van der Waals surface area contributed by atoms with Crippen molar-refractivity contribution in [3.05, 3.63) is 48.5 Å². The predicted molar refractivity (Wildman–Crippen MR) is 105 cm³/mol. The SMILES string of the molecule is CCn1cc([C@@H]2C[S@@](=O)CCN2c2ncnc3c2oc2ccccc23)cn1. The van der Waals surface area contributed by atoms with E-state index in [2.05, 4.69) is 26.9 Å². The van der Waals surface area contributed by atoms with Gasteiger partial charge in [-0.2, -0.15) is 5.10 Å². The lowest BCUT2D eigenvalue weighted by Crippen LogP contribution is -2.41. The molecule has 0 aliphatic carbocycles. The minimum Gasteiger partial charge on any atom is -0.450 e. The van der Waals surface area contributed by atoms with Gasteiger partial charge in [-0.05, 0) is 19.1 Å². The van der Waals surface area contributed by atoms with Crippen molar-refractivity contribution < 1.29 is 8.63 Å². The van der Waals surface area contributed by atoms with Crippen LogP contribution in [0.4, 0.5) is 5.82 Å². The van der Waals surface area contributed by atoms with E-state index >= 15 is 0 Å². The van der Waals surface area contributed by atoms with Gasteiger partial charge in [-0.3, -0.25) is 8.89 Å². The summed E-state index contributed by atoms with van der Waals surface area (Å²) in [6, 6.07) is 7.82. The molecule has 1 aromatic carbocycles. The van der Waals surface area contributed by atoms with Gasteiger partial charge in [-0.15, -0.1) is 0 Å². The van der Waals surface area contributed by atoms with Gasteiger partial charge >= 0.3 is 0 Å². The summed E-state index contributed by atoms with van der Waals surface area (Å²) in [5.41, 5.74) is 3.34. The monoisotopic (exact) mass is 381 g/mol. The van der Waals surface area contributed by atoms with E-state index in [-0.39, 0.29) is 6.04 Å². The summed E-state index contributed by atoms with van der Waals surface area (Å²) in [7, 11) is -0.859. The van der Waals surface area contributed by atoms with E-state index < -0.39 is 10.8 Å². The maximum atomic E-state index is 12.3. The largest absolute Gasteiger partial charge is 0.450 e. The fourth-order valence-electron chi connectivity index (χ4n) is 3.68. The number of rotatable bonds is 3. The van der Waals surface area contributed by atoms with Crippen LogP contribution in [0, 0.1) is 0 Å². The van der Waals surface area contributed by atoms with Gasteiger partial charge in [-0.25, -0.2) is 9.97 Å². The second kappa shape index (κ2) is 6.45. The van der Waals surface area contributed by atoms with E-state index in [1.165, 1.54) is 0 Å². The zero-order chi connectivity index (χ0) is 18.4. The molecule has 1 fully saturated rings. The molecular weight excluding hydrogens is 362 g/mol. The Hall–Kier alpha value is -2.74. The zero-order valence-corrected chi connectivity index (χ0v) is 15.7. The molecule has 1 saturated heterocycles. The van der Waals surface area contributed by atoms with E-state index in [1.807, 2.05) is 41.3 Å². The lowest BCUT2D eigenvalue weighted by atomic mass is 10.1. The molecule has 0 amide bonds. The van der Waals surface area contributed by atoms with Gasteiger partial charge in [0.1, 0.15) is 17.4 Å². The fourth-order valence-corrected chi connectivity index (χ4v) is 4.97. The van der Waals surface area contributed by atoms with Crippen LogP contribution < -0.4 is 4.90 Å². The summed E-state index contributed by atoms with van der Waals surface area (Å²) >= 11 is 0. The van der Waals surface area contributed by atoms with Crippen LogP contribution in [-0.2, 0) is 17.3 Å². The highest BCUT2D eigenvalue weighted by atomic mass is 32.2. The van der Waals surface area contributed by atoms with Crippen molar-refractivity contribution in [2.24, 2.45) is 0 Å². The molecule has 4 heterocycles. The first-order valence-corrected chi connectivity index (χ1v) is 10.5. The summed E-state index contributed by atoms with van der Waals surface area (Å²) in [5.74, 6) is 1.92. The molecule has 1 aliphatic rings. The van der Waals surface area contributed by atoms with Gasteiger partial charge < -0.3 is 9.32 Å². The van der Waals surface area contributed by atoms with Crippen LogP contribution in [0.5, 0.6) is 0 Å². The zero-order valence-electron chi connectivity index (χ0n) is 14.9. The van der Waals surface area contributed by atoms with Gasteiger partial charge in [0.2, 0.25) is 0 Å². The van der Waals surface area contributed by atoms with Gasteiger partial charge in [0.25, 0.3) is 0 Å². The smallest absolute Gasteiger partial charge is 0.196 e. The Labute approximate surface area is 158 Å². The fraction of sp³-hybridized carbons (Fsp3) is 0.316.